The highest BCUT2D eigenvalue weighted by molar-refractivity contribution is 7.92. The second kappa shape index (κ2) is 9.90. The molecule has 0 radical (unpaired) electrons. The number of sulfonamides is 1. The summed E-state index contributed by atoms with van der Waals surface area (Å²) in [6, 6.07) is 11.5. The van der Waals surface area contributed by atoms with Crippen molar-refractivity contribution in [3.63, 3.8) is 0 Å². The van der Waals surface area contributed by atoms with Crippen LogP contribution in [-0.2, 0) is 26.2 Å². The van der Waals surface area contributed by atoms with Crippen LogP contribution in [0.2, 0.25) is 5.02 Å². The minimum atomic E-state index is -3.90. The number of amides is 2. The van der Waals surface area contributed by atoms with E-state index >= 15 is 0 Å². The molecule has 30 heavy (non-hydrogen) atoms. The molecule has 162 valence electrons. The molecule has 0 bridgehead atoms. The van der Waals surface area contributed by atoms with Crippen LogP contribution in [0.3, 0.4) is 0 Å². The van der Waals surface area contributed by atoms with Gasteiger partial charge in [0, 0.05) is 13.6 Å². The highest BCUT2D eigenvalue weighted by atomic mass is 35.5. The highest BCUT2D eigenvalue weighted by Crippen LogP contribution is 2.25. The molecule has 10 heteroatoms. The van der Waals surface area contributed by atoms with Crippen LogP contribution in [0.1, 0.15) is 12.5 Å². The Morgan fingerprint density at radius 1 is 1.17 bits per heavy atom. The lowest BCUT2D eigenvalue weighted by molar-refractivity contribution is -0.139. The molecule has 0 saturated heterocycles. The van der Waals surface area contributed by atoms with E-state index in [0.29, 0.717) is 0 Å². The van der Waals surface area contributed by atoms with Gasteiger partial charge in [0.2, 0.25) is 21.8 Å². The second-order valence-electron chi connectivity index (χ2n) is 6.67. The zero-order valence-corrected chi connectivity index (χ0v) is 18.4. The Hall–Kier alpha value is -2.65. The lowest BCUT2D eigenvalue weighted by Crippen LogP contribution is -2.50. The Balaban J connectivity index is 2.38. The molecule has 0 fully saturated rings. The molecule has 2 aromatic rings. The van der Waals surface area contributed by atoms with Crippen LogP contribution in [0, 0.1) is 5.82 Å². The maximum absolute atomic E-state index is 13.5. The van der Waals surface area contributed by atoms with E-state index in [4.69, 9.17) is 11.6 Å². The Morgan fingerprint density at radius 3 is 2.33 bits per heavy atom. The first-order valence-electron chi connectivity index (χ1n) is 9.02. The van der Waals surface area contributed by atoms with Crippen LogP contribution in [0.4, 0.5) is 10.1 Å². The molecule has 1 N–H and O–H groups in total. The molecule has 2 rings (SSSR count). The van der Waals surface area contributed by atoms with Crippen LogP contribution in [-0.4, -0.2) is 51.0 Å². The summed E-state index contributed by atoms with van der Waals surface area (Å²) in [5, 5.41) is 2.22. The van der Waals surface area contributed by atoms with Crippen molar-refractivity contribution in [2.45, 2.75) is 19.5 Å². The lowest BCUT2D eigenvalue weighted by atomic mass is 10.1. The van der Waals surface area contributed by atoms with Gasteiger partial charge in [-0.05, 0) is 30.7 Å². The normalized spacial score (nSPS) is 12.2. The highest BCUT2D eigenvalue weighted by Gasteiger charge is 2.29. The molecule has 0 aliphatic carbocycles. The third kappa shape index (κ3) is 5.93. The summed E-state index contributed by atoms with van der Waals surface area (Å²) in [7, 11) is -2.44. The fourth-order valence-corrected chi connectivity index (χ4v) is 3.84. The van der Waals surface area contributed by atoms with E-state index in [1.807, 2.05) is 6.07 Å². The molecule has 0 heterocycles. The Labute approximate surface area is 180 Å². The van der Waals surface area contributed by atoms with Crippen molar-refractivity contribution in [2.75, 3.05) is 24.2 Å². The molecule has 0 aliphatic rings. The number of nitrogens with one attached hydrogen (secondary N) is 1. The molecule has 2 amide bonds. The summed E-state index contributed by atoms with van der Waals surface area (Å²) >= 11 is 5.78. The van der Waals surface area contributed by atoms with Crippen LogP contribution < -0.4 is 9.62 Å². The van der Waals surface area contributed by atoms with Gasteiger partial charge in [0.15, 0.2) is 0 Å². The molecular formula is C20H23ClFN3O4S. The first kappa shape index (κ1) is 23.6. The van der Waals surface area contributed by atoms with E-state index in [2.05, 4.69) is 5.32 Å². The largest absolute Gasteiger partial charge is 0.357 e. The predicted molar refractivity (Wildman–Crippen MR) is 114 cm³/mol. The number of carbonyl (C=O) groups excluding carboxylic acids is 2. The summed E-state index contributed by atoms with van der Waals surface area (Å²) in [5.74, 6) is -1.70. The average molecular weight is 456 g/mol. The smallest absolute Gasteiger partial charge is 0.244 e. The quantitative estimate of drug-likeness (QED) is 0.662. The van der Waals surface area contributed by atoms with Crippen molar-refractivity contribution < 1.29 is 22.4 Å². The molecule has 0 aromatic heterocycles. The second-order valence-corrected chi connectivity index (χ2v) is 8.98. The van der Waals surface area contributed by atoms with Gasteiger partial charge < -0.3 is 10.2 Å². The zero-order valence-electron chi connectivity index (χ0n) is 16.8. The number of likely N-dealkylation sites (N-methyl/N-ethyl adjacent to an activating group) is 1. The number of anilines is 1. The van der Waals surface area contributed by atoms with Gasteiger partial charge in [-0.15, -0.1) is 0 Å². The standard InChI is InChI=1S/C20H23ClFN3O4S/c1-14(20(27)23-2)24(12-15-7-5-4-6-8-15)19(26)13-25(30(3,28)29)16-9-10-18(22)17(21)11-16/h4-11,14H,12-13H2,1-3H3,(H,23,27). The first-order chi connectivity index (χ1) is 14.0. The number of hydrogen-bond donors (Lipinski definition) is 1. The molecule has 1 atom stereocenters. The van der Waals surface area contributed by atoms with E-state index in [9.17, 15) is 22.4 Å². The van der Waals surface area contributed by atoms with E-state index < -0.39 is 40.2 Å². The number of benzene rings is 2. The summed E-state index contributed by atoms with van der Waals surface area (Å²) in [5.41, 5.74) is 0.821. The van der Waals surface area contributed by atoms with Crippen molar-refractivity contribution in [3.8, 4) is 0 Å². The minimum absolute atomic E-state index is 0.0458. The molecule has 0 saturated carbocycles. The third-order valence-electron chi connectivity index (χ3n) is 4.48. The fourth-order valence-electron chi connectivity index (χ4n) is 2.83. The number of rotatable bonds is 8. The Bertz CT molecular complexity index is 1020. The van der Waals surface area contributed by atoms with Gasteiger partial charge in [-0.2, -0.15) is 0 Å². The van der Waals surface area contributed by atoms with Crippen molar-refractivity contribution >= 4 is 39.1 Å². The van der Waals surface area contributed by atoms with E-state index in [-0.39, 0.29) is 17.3 Å². The number of nitrogens with zero attached hydrogens (tertiary/aromatic N) is 2. The number of carbonyl (C=O) groups is 2. The SMILES string of the molecule is CNC(=O)C(C)N(Cc1ccccc1)C(=O)CN(c1ccc(F)c(Cl)c1)S(C)(=O)=O. The molecular weight excluding hydrogens is 433 g/mol. The Kier molecular flexibility index (Phi) is 7.80. The monoisotopic (exact) mass is 455 g/mol. The van der Waals surface area contributed by atoms with Gasteiger partial charge in [-0.25, -0.2) is 12.8 Å². The summed E-state index contributed by atoms with van der Waals surface area (Å²) in [6.45, 7) is 1.09. The van der Waals surface area contributed by atoms with E-state index in [1.54, 1.807) is 31.2 Å². The van der Waals surface area contributed by atoms with Crippen LogP contribution >= 0.6 is 11.6 Å². The van der Waals surface area contributed by atoms with Gasteiger partial charge in [0.05, 0.1) is 17.0 Å². The molecule has 1 unspecified atom stereocenters. The third-order valence-corrected chi connectivity index (χ3v) is 5.91. The van der Waals surface area contributed by atoms with Crippen LogP contribution in [0.15, 0.2) is 48.5 Å². The van der Waals surface area contributed by atoms with E-state index in [0.717, 1.165) is 28.3 Å². The van der Waals surface area contributed by atoms with Crippen LogP contribution in [0.5, 0.6) is 0 Å². The fraction of sp³-hybridized carbons (Fsp3) is 0.300. The zero-order chi connectivity index (χ0) is 22.5. The summed E-state index contributed by atoms with van der Waals surface area (Å²) < 4.78 is 39.0. The predicted octanol–water partition coefficient (Wildman–Crippen LogP) is 2.41. The average Bonchev–Trinajstić information content (AvgIpc) is 2.71. The van der Waals surface area contributed by atoms with Gasteiger partial charge >= 0.3 is 0 Å². The van der Waals surface area contributed by atoms with Crippen LogP contribution in [0.25, 0.3) is 0 Å². The molecule has 2 aromatic carbocycles. The molecule has 7 nitrogen and oxygen atoms in total. The van der Waals surface area contributed by atoms with E-state index in [1.165, 1.54) is 18.0 Å². The lowest BCUT2D eigenvalue weighted by Gasteiger charge is -2.31. The van der Waals surface area contributed by atoms with Crippen molar-refractivity contribution in [2.24, 2.45) is 0 Å². The van der Waals surface area contributed by atoms with Gasteiger partial charge in [0.25, 0.3) is 0 Å². The maximum Gasteiger partial charge on any atom is 0.244 e. The maximum atomic E-state index is 13.5. The molecule has 0 aliphatic heterocycles. The van der Waals surface area contributed by atoms with Crippen molar-refractivity contribution in [3.05, 3.63) is 64.9 Å². The van der Waals surface area contributed by atoms with Crippen molar-refractivity contribution in [1.29, 1.82) is 0 Å². The summed E-state index contributed by atoms with van der Waals surface area (Å²) in [4.78, 5) is 26.6. The molecule has 0 spiro atoms. The van der Waals surface area contributed by atoms with Gasteiger partial charge in [-0.3, -0.25) is 13.9 Å². The van der Waals surface area contributed by atoms with Gasteiger partial charge in [0.1, 0.15) is 18.4 Å². The topological polar surface area (TPSA) is 86.8 Å². The summed E-state index contributed by atoms with van der Waals surface area (Å²) in [6.07, 6.45) is 0.932. The minimum Gasteiger partial charge on any atom is -0.357 e. The van der Waals surface area contributed by atoms with Gasteiger partial charge in [-0.1, -0.05) is 41.9 Å². The number of halogens is 2. The first-order valence-corrected chi connectivity index (χ1v) is 11.2. The Morgan fingerprint density at radius 2 is 1.80 bits per heavy atom. The number of hydrogen-bond acceptors (Lipinski definition) is 4. The van der Waals surface area contributed by atoms with Crippen molar-refractivity contribution in [1.82, 2.24) is 10.2 Å².